The van der Waals surface area contributed by atoms with Gasteiger partial charge in [-0.1, -0.05) is 12.1 Å². The van der Waals surface area contributed by atoms with Crippen LogP contribution in [-0.4, -0.2) is 45.1 Å². The van der Waals surface area contributed by atoms with Crippen LogP contribution in [-0.2, 0) is 11.2 Å². The topological polar surface area (TPSA) is 90.9 Å². The molecule has 0 saturated heterocycles. The summed E-state index contributed by atoms with van der Waals surface area (Å²) in [5.74, 6) is 1.97. The minimum atomic E-state index is -0.401. The largest absolute Gasteiger partial charge is 0.497 e. The van der Waals surface area contributed by atoms with Crippen molar-refractivity contribution < 1.29 is 23.7 Å². The minimum absolute atomic E-state index is 0.0456. The number of fused-ring (bicyclic) bond motifs is 2. The van der Waals surface area contributed by atoms with Gasteiger partial charge in [0.1, 0.15) is 5.75 Å². The molecule has 0 bridgehead atoms. The highest BCUT2D eigenvalue weighted by molar-refractivity contribution is 6.09. The maximum Gasteiger partial charge on any atom is 0.407 e. The Morgan fingerprint density at radius 2 is 1.56 bits per heavy atom. The molecule has 1 aromatic heterocycles. The van der Waals surface area contributed by atoms with Gasteiger partial charge in [-0.05, 0) is 55.8 Å². The molecule has 3 aromatic carbocycles. The van der Waals surface area contributed by atoms with Gasteiger partial charge in [0.25, 0.3) is 0 Å². The van der Waals surface area contributed by atoms with E-state index in [0.717, 1.165) is 44.5 Å². The summed E-state index contributed by atoms with van der Waals surface area (Å²) >= 11 is 0. The van der Waals surface area contributed by atoms with E-state index in [2.05, 4.69) is 10.6 Å². The fraction of sp³-hybridized carbons (Fsp3) is 0.286. The lowest BCUT2D eigenvalue weighted by Crippen LogP contribution is -2.31. The van der Waals surface area contributed by atoms with Crippen molar-refractivity contribution in [1.29, 1.82) is 0 Å². The second kappa shape index (κ2) is 11.0. The summed E-state index contributed by atoms with van der Waals surface area (Å²) < 4.78 is 21.7. The van der Waals surface area contributed by atoms with Crippen LogP contribution in [0, 0.1) is 0 Å². The van der Waals surface area contributed by atoms with Crippen molar-refractivity contribution in [2.45, 2.75) is 26.3 Å². The number of carbonyl (C=O) groups is 1. The van der Waals surface area contributed by atoms with E-state index in [1.54, 1.807) is 21.3 Å². The molecule has 8 heteroatoms. The second-order valence-corrected chi connectivity index (χ2v) is 8.60. The van der Waals surface area contributed by atoms with Crippen molar-refractivity contribution in [2.75, 3.05) is 33.3 Å². The number of alkyl carbamates (subject to hydrolysis) is 1. The standard InChI is InChI=1S/C28H31N3O5/c1-17(2)29-28(32)36-13-12-18-6-8-19(9-7-18)30-27-21-14-20(33-3)10-11-23(21)31-24-16-26(35-5)25(34-4)15-22(24)27/h6-11,14-17H,12-13H2,1-5H3,(H,29,32)(H,30,31). The third-order valence-corrected chi connectivity index (χ3v) is 5.74. The molecule has 0 atom stereocenters. The van der Waals surface area contributed by atoms with Crippen molar-refractivity contribution in [3.63, 3.8) is 0 Å². The van der Waals surface area contributed by atoms with Crippen LogP contribution in [0.4, 0.5) is 16.2 Å². The van der Waals surface area contributed by atoms with Gasteiger partial charge in [-0.2, -0.15) is 0 Å². The molecule has 0 fully saturated rings. The van der Waals surface area contributed by atoms with Gasteiger partial charge in [0.05, 0.1) is 44.7 Å². The molecule has 0 radical (unpaired) electrons. The molecule has 0 saturated carbocycles. The van der Waals surface area contributed by atoms with Crippen LogP contribution in [0.1, 0.15) is 19.4 Å². The lowest BCUT2D eigenvalue weighted by molar-refractivity contribution is 0.145. The van der Waals surface area contributed by atoms with E-state index in [1.807, 2.05) is 68.4 Å². The van der Waals surface area contributed by atoms with Gasteiger partial charge in [-0.3, -0.25) is 0 Å². The van der Waals surface area contributed by atoms with Crippen molar-refractivity contribution in [2.24, 2.45) is 0 Å². The zero-order valence-electron chi connectivity index (χ0n) is 21.2. The Kier molecular flexibility index (Phi) is 7.63. The third-order valence-electron chi connectivity index (χ3n) is 5.74. The van der Waals surface area contributed by atoms with E-state index >= 15 is 0 Å². The van der Waals surface area contributed by atoms with Crippen LogP contribution in [0.15, 0.2) is 54.6 Å². The number of rotatable bonds is 9. The summed E-state index contributed by atoms with van der Waals surface area (Å²) in [6.45, 7) is 4.10. The quantitative estimate of drug-likeness (QED) is 0.286. The molecule has 8 nitrogen and oxygen atoms in total. The maximum absolute atomic E-state index is 11.7. The molecule has 188 valence electrons. The molecule has 4 rings (SSSR count). The first-order valence-corrected chi connectivity index (χ1v) is 11.7. The zero-order valence-corrected chi connectivity index (χ0v) is 21.2. The molecular weight excluding hydrogens is 458 g/mol. The second-order valence-electron chi connectivity index (χ2n) is 8.60. The number of ether oxygens (including phenoxy) is 4. The average molecular weight is 490 g/mol. The number of nitrogens with one attached hydrogen (secondary N) is 2. The number of benzene rings is 3. The summed E-state index contributed by atoms with van der Waals surface area (Å²) in [5, 5.41) is 8.09. The highest BCUT2D eigenvalue weighted by Crippen LogP contribution is 2.40. The molecule has 4 aromatic rings. The van der Waals surface area contributed by atoms with Crippen molar-refractivity contribution in [1.82, 2.24) is 10.3 Å². The smallest absolute Gasteiger partial charge is 0.407 e. The Hall–Kier alpha value is -4.20. The highest BCUT2D eigenvalue weighted by Gasteiger charge is 2.15. The van der Waals surface area contributed by atoms with Gasteiger partial charge in [0.15, 0.2) is 11.5 Å². The first-order valence-electron chi connectivity index (χ1n) is 11.7. The molecule has 0 spiro atoms. The number of methoxy groups -OCH3 is 3. The summed E-state index contributed by atoms with van der Waals surface area (Å²) in [4.78, 5) is 16.5. The number of nitrogens with zero attached hydrogens (tertiary/aromatic N) is 1. The average Bonchev–Trinajstić information content (AvgIpc) is 2.88. The molecule has 0 aliphatic heterocycles. The van der Waals surface area contributed by atoms with Gasteiger partial charge in [0, 0.05) is 35.0 Å². The fourth-order valence-electron chi connectivity index (χ4n) is 3.95. The van der Waals surface area contributed by atoms with Crippen LogP contribution in [0.3, 0.4) is 0 Å². The molecule has 0 aliphatic rings. The van der Waals surface area contributed by atoms with Crippen LogP contribution in [0.25, 0.3) is 21.8 Å². The number of carbonyl (C=O) groups excluding carboxylic acids is 1. The van der Waals surface area contributed by atoms with E-state index < -0.39 is 6.09 Å². The first-order chi connectivity index (χ1) is 17.4. The van der Waals surface area contributed by atoms with Crippen molar-refractivity contribution >= 4 is 39.3 Å². The number of hydrogen-bond acceptors (Lipinski definition) is 7. The van der Waals surface area contributed by atoms with Gasteiger partial charge in [0.2, 0.25) is 0 Å². The Morgan fingerprint density at radius 3 is 2.22 bits per heavy atom. The van der Waals surface area contributed by atoms with Crippen LogP contribution < -0.4 is 24.8 Å². The monoisotopic (exact) mass is 489 g/mol. The first kappa shape index (κ1) is 24.9. The molecule has 36 heavy (non-hydrogen) atoms. The molecule has 1 heterocycles. The Bertz CT molecular complexity index is 1370. The van der Waals surface area contributed by atoms with Gasteiger partial charge in [-0.25, -0.2) is 9.78 Å². The Labute approximate surface area is 210 Å². The van der Waals surface area contributed by atoms with Gasteiger partial charge >= 0.3 is 6.09 Å². The number of hydrogen-bond donors (Lipinski definition) is 2. The summed E-state index contributed by atoms with van der Waals surface area (Å²) in [7, 11) is 4.87. The molecule has 2 N–H and O–H groups in total. The SMILES string of the molecule is COc1ccc2nc3cc(OC)c(OC)cc3c(Nc3ccc(CCOC(=O)NC(C)C)cc3)c2c1. The van der Waals surface area contributed by atoms with E-state index in [-0.39, 0.29) is 6.04 Å². The predicted molar refractivity (Wildman–Crippen MR) is 142 cm³/mol. The van der Waals surface area contributed by atoms with E-state index in [9.17, 15) is 4.79 Å². The van der Waals surface area contributed by atoms with Crippen molar-refractivity contribution in [3.8, 4) is 17.2 Å². The zero-order chi connectivity index (χ0) is 25.7. The van der Waals surface area contributed by atoms with E-state index in [1.165, 1.54) is 0 Å². The summed E-state index contributed by atoms with van der Waals surface area (Å²) in [6.07, 6.45) is 0.225. The fourth-order valence-corrected chi connectivity index (χ4v) is 3.95. The number of aromatic nitrogens is 1. The van der Waals surface area contributed by atoms with Gasteiger partial charge in [-0.15, -0.1) is 0 Å². The molecule has 1 amide bonds. The number of pyridine rings is 1. The third kappa shape index (κ3) is 5.54. The predicted octanol–water partition coefficient (Wildman–Crippen LogP) is 5.83. The number of amides is 1. The highest BCUT2D eigenvalue weighted by atomic mass is 16.5. The normalized spacial score (nSPS) is 10.9. The lowest BCUT2D eigenvalue weighted by Gasteiger charge is -2.16. The Balaban J connectivity index is 1.65. The maximum atomic E-state index is 11.7. The van der Waals surface area contributed by atoms with Crippen LogP contribution in [0.2, 0.25) is 0 Å². The number of anilines is 2. The molecular formula is C28H31N3O5. The lowest BCUT2D eigenvalue weighted by atomic mass is 10.1. The van der Waals surface area contributed by atoms with Gasteiger partial charge < -0.3 is 29.6 Å². The minimum Gasteiger partial charge on any atom is -0.497 e. The molecule has 0 aliphatic carbocycles. The summed E-state index contributed by atoms with van der Waals surface area (Å²) in [6, 6.07) is 17.7. The Morgan fingerprint density at radius 1 is 0.861 bits per heavy atom. The summed E-state index contributed by atoms with van der Waals surface area (Å²) in [5.41, 5.74) is 4.46. The van der Waals surface area contributed by atoms with Crippen LogP contribution >= 0.6 is 0 Å². The van der Waals surface area contributed by atoms with E-state index in [0.29, 0.717) is 24.5 Å². The molecule has 0 unspecified atom stereocenters. The van der Waals surface area contributed by atoms with E-state index in [4.69, 9.17) is 23.9 Å². The van der Waals surface area contributed by atoms with Crippen molar-refractivity contribution in [3.05, 3.63) is 60.2 Å². The van der Waals surface area contributed by atoms with Crippen LogP contribution in [0.5, 0.6) is 17.2 Å².